The van der Waals surface area contributed by atoms with E-state index in [1.807, 2.05) is 24.3 Å². The van der Waals surface area contributed by atoms with Crippen molar-refractivity contribution in [2.24, 2.45) is 0 Å². The molecule has 21 heavy (non-hydrogen) atoms. The van der Waals surface area contributed by atoms with Crippen molar-refractivity contribution in [3.63, 3.8) is 0 Å². The average molecular weight is 318 g/mol. The van der Waals surface area contributed by atoms with E-state index in [9.17, 15) is 0 Å². The van der Waals surface area contributed by atoms with Gasteiger partial charge in [0.1, 0.15) is 5.65 Å². The number of hydrogen-bond donors (Lipinski definition) is 1. The van der Waals surface area contributed by atoms with Crippen molar-refractivity contribution in [1.29, 1.82) is 0 Å². The van der Waals surface area contributed by atoms with Crippen LogP contribution in [0.15, 0.2) is 47.5 Å². The van der Waals surface area contributed by atoms with E-state index in [0.29, 0.717) is 6.54 Å². The van der Waals surface area contributed by atoms with Gasteiger partial charge in [-0.25, -0.2) is 4.98 Å². The van der Waals surface area contributed by atoms with Gasteiger partial charge in [-0.15, -0.1) is 0 Å². The van der Waals surface area contributed by atoms with Gasteiger partial charge in [0.25, 0.3) is 0 Å². The predicted octanol–water partition coefficient (Wildman–Crippen LogP) is 4.40. The SMILES string of the molecule is Cc1cc(C)n2cc(CNSc3ccc(Cl)cc3)nc2c1. The number of fused-ring (bicyclic) bond motifs is 1. The van der Waals surface area contributed by atoms with Gasteiger partial charge in [-0.3, -0.25) is 4.72 Å². The standard InChI is InChI=1S/C16H16ClN3S/c1-11-7-12(2)20-10-14(19-16(20)8-11)9-18-21-15-5-3-13(17)4-6-15/h3-8,10,18H,9H2,1-2H3. The maximum atomic E-state index is 5.87. The second kappa shape index (κ2) is 6.10. The molecule has 0 aliphatic heterocycles. The summed E-state index contributed by atoms with van der Waals surface area (Å²) >= 11 is 7.46. The lowest BCUT2D eigenvalue weighted by Gasteiger charge is -2.01. The topological polar surface area (TPSA) is 29.3 Å². The minimum Gasteiger partial charge on any atom is -0.304 e. The lowest BCUT2D eigenvalue weighted by Crippen LogP contribution is -2.02. The highest BCUT2D eigenvalue weighted by atomic mass is 35.5. The zero-order valence-corrected chi connectivity index (χ0v) is 13.5. The smallest absolute Gasteiger partial charge is 0.137 e. The molecule has 0 atom stereocenters. The van der Waals surface area contributed by atoms with Crippen LogP contribution >= 0.6 is 23.5 Å². The van der Waals surface area contributed by atoms with E-state index in [1.165, 1.54) is 11.3 Å². The summed E-state index contributed by atoms with van der Waals surface area (Å²) in [7, 11) is 0. The van der Waals surface area contributed by atoms with Gasteiger partial charge in [0.2, 0.25) is 0 Å². The molecule has 2 aromatic heterocycles. The van der Waals surface area contributed by atoms with E-state index in [4.69, 9.17) is 11.6 Å². The molecular weight excluding hydrogens is 302 g/mol. The van der Waals surface area contributed by atoms with Gasteiger partial charge in [0, 0.05) is 21.8 Å². The monoisotopic (exact) mass is 317 g/mol. The largest absolute Gasteiger partial charge is 0.304 e. The molecule has 3 rings (SSSR count). The van der Waals surface area contributed by atoms with Crippen LogP contribution in [0.4, 0.5) is 0 Å². The van der Waals surface area contributed by atoms with Crippen molar-refractivity contribution >= 4 is 29.2 Å². The van der Waals surface area contributed by atoms with E-state index in [-0.39, 0.29) is 0 Å². The van der Waals surface area contributed by atoms with E-state index in [0.717, 1.165) is 21.3 Å². The van der Waals surface area contributed by atoms with E-state index < -0.39 is 0 Å². The summed E-state index contributed by atoms with van der Waals surface area (Å²) in [5.41, 5.74) is 4.47. The van der Waals surface area contributed by atoms with Crippen molar-refractivity contribution in [2.75, 3.05) is 0 Å². The van der Waals surface area contributed by atoms with Crippen LogP contribution in [-0.2, 0) is 6.54 Å². The van der Waals surface area contributed by atoms with Crippen molar-refractivity contribution in [3.8, 4) is 0 Å². The molecule has 0 saturated carbocycles. The Hall–Kier alpha value is -1.49. The average Bonchev–Trinajstić information content (AvgIpc) is 2.84. The molecule has 0 amide bonds. The lowest BCUT2D eigenvalue weighted by molar-refractivity contribution is 0.935. The van der Waals surface area contributed by atoms with Gasteiger partial charge in [-0.2, -0.15) is 0 Å². The number of halogens is 1. The fourth-order valence-corrected chi connectivity index (χ4v) is 3.04. The van der Waals surface area contributed by atoms with Crippen LogP contribution in [0, 0.1) is 13.8 Å². The van der Waals surface area contributed by atoms with Crippen LogP contribution in [0.5, 0.6) is 0 Å². The number of aryl methyl sites for hydroxylation is 2. The highest BCUT2D eigenvalue weighted by molar-refractivity contribution is 7.97. The van der Waals surface area contributed by atoms with Crippen LogP contribution in [0.1, 0.15) is 17.0 Å². The molecular formula is C16H16ClN3S. The van der Waals surface area contributed by atoms with E-state index in [2.05, 4.69) is 46.3 Å². The van der Waals surface area contributed by atoms with Crippen LogP contribution in [0.3, 0.4) is 0 Å². The molecule has 0 aliphatic carbocycles. The Morgan fingerprint density at radius 3 is 2.71 bits per heavy atom. The first-order valence-corrected chi connectivity index (χ1v) is 7.92. The zero-order valence-electron chi connectivity index (χ0n) is 11.9. The number of nitrogens with one attached hydrogen (secondary N) is 1. The number of aromatic nitrogens is 2. The molecule has 0 bridgehead atoms. The summed E-state index contributed by atoms with van der Waals surface area (Å²) in [5.74, 6) is 0. The summed E-state index contributed by atoms with van der Waals surface area (Å²) in [6, 6.07) is 12.0. The molecule has 2 heterocycles. The number of hydrogen-bond acceptors (Lipinski definition) is 3. The highest BCUT2D eigenvalue weighted by Gasteiger charge is 2.04. The molecule has 0 aliphatic rings. The normalized spacial score (nSPS) is 11.2. The van der Waals surface area contributed by atoms with Crippen LogP contribution < -0.4 is 4.72 Å². The fraction of sp³-hybridized carbons (Fsp3) is 0.188. The molecule has 1 aromatic carbocycles. The van der Waals surface area contributed by atoms with Crippen LogP contribution in [0.25, 0.3) is 5.65 Å². The molecule has 3 nitrogen and oxygen atoms in total. The van der Waals surface area contributed by atoms with Gasteiger partial charge < -0.3 is 4.40 Å². The second-order valence-corrected chi connectivity index (χ2v) is 6.41. The quantitative estimate of drug-likeness (QED) is 0.723. The fourth-order valence-electron chi connectivity index (χ4n) is 2.25. The Balaban J connectivity index is 1.68. The maximum Gasteiger partial charge on any atom is 0.137 e. The van der Waals surface area contributed by atoms with Gasteiger partial charge in [-0.05, 0) is 67.8 Å². The number of benzene rings is 1. The van der Waals surface area contributed by atoms with Crippen LogP contribution in [0.2, 0.25) is 5.02 Å². The van der Waals surface area contributed by atoms with Crippen molar-refractivity contribution in [1.82, 2.24) is 14.1 Å². The Kier molecular flexibility index (Phi) is 4.19. The number of nitrogens with zero attached hydrogens (tertiary/aromatic N) is 2. The molecule has 0 saturated heterocycles. The van der Waals surface area contributed by atoms with Crippen molar-refractivity contribution in [3.05, 3.63) is 64.6 Å². The minimum atomic E-state index is 0.716. The summed E-state index contributed by atoms with van der Waals surface area (Å²) in [5, 5.41) is 0.755. The minimum absolute atomic E-state index is 0.716. The highest BCUT2D eigenvalue weighted by Crippen LogP contribution is 2.18. The van der Waals surface area contributed by atoms with Crippen molar-refractivity contribution < 1.29 is 0 Å². The first-order valence-electron chi connectivity index (χ1n) is 6.72. The summed E-state index contributed by atoms with van der Waals surface area (Å²) in [6.45, 7) is 4.91. The first-order chi connectivity index (χ1) is 10.1. The summed E-state index contributed by atoms with van der Waals surface area (Å²) < 4.78 is 5.45. The lowest BCUT2D eigenvalue weighted by atomic mass is 10.2. The summed E-state index contributed by atoms with van der Waals surface area (Å²) in [6.07, 6.45) is 2.08. The Morgan fingerprint density at radius 1 is 1.19 bits per heavy atom. The van der Waals surface area contributed by atoms with E-state index >= 15 is 0 Å². The molecule has 3 aromatic rings. The zero-order chi connectivity index (χ0) is 14.8. The van der Waals surface area contributed by atoms with Crippen molar-refractivity contribution in [2.45, 2.75) is 25.3 Å². The second-order valence-electron chi connectivity index (χ2n) is 5.01. The van der Waals surface area contributed by atoms with Gasteiger partial charge in [0.05, 0.1) is 12.2 Å². The number of imidazole rings is 1. The molecule has 0 unspecified atom stereocenters. The molecule has 0 radical (unpaired) electrons. The van der Waals surface area contributed by atoms with Gasteiger partial charge >= 0.3 is 0 Å². The number of rotatable bonds is 4. The van der Waals surface area contributed by atoms with Gasteiger partial charge in [0.15, 0.2) is 0 Å². The maximum absolute atomic E-state index is 5.87. The third-order valence-corrected chi connectivity index (χ3v) is 4.26. The third kappa shape index (κ3) is 3.40. The molecule has 5 heteroatoms. The molecule has 1 N–H and O–H groups in total. The van der Waals surface area contributed by atoms with Crippen LogP contribution in [-0.4, -0.2) is 9.38 Å². The summed E-state index contributed by atoms with van der Waals surface area (Å²) in [4.78, 5) is 5.78. The third-order valence-electron chi connectivity index (χ3n) is 3.21. The van der Waals surface area contributed by atoms with Gasteiger partial charge in [-0.1, -0.05) is 11.6 Å². The van der Waals surface area contributed by atoms with E-state index in [1.54, 1.807) is 11.9 Å². The Bertz CT molecular complexity index is 765. The predicted molar refractivity (Wildman–Crippen MR) is 88.8 cm³/mol. The molecule has 0 fully saturated rings. The Labute approximate surface area is 133 Å². The first kappa shape index (κ1) is 14.4. The Morgan fingerprint density at radius 2 is 1.95 bits per heavy atom. The molecule has 0 spiro atoms. The molecule has 108 valence electrons. The number of pyridine rings is 1.